The van der Waals surface area contributed by atoms with Crippen LogP contribution in [0.4, 0.5) is 0 Å². The number of carbonyl (C=O) groups is 1. The standard InChI is InChI=1S/C24H49NO2/c1-4-5-19-23(21-26)25-24(27)20-17-15-13-11-9-7-6-8-10-12-14-16-18-22(2)3/h22-23,26H,4-21H2,1-3H3,(H,25,27). The van der Waals surface area contributed by atoms with E-state index in [0.717, 1.165) is 38.0 Å². The molecule has 0 aromatic rings. The third kappa shape index (κ3) is 20.0. The molecule has 1 atom stereocenters. The zero-order valence-electron chi connectivity index (χ0n) is 18.7. The van der Waals surface area contributed by atoms with Crippen molar-refractivity contribution in [2.45, 2.75) is 136 Å². The summed E-state index contributed by atoms with van der Waals surface area (Å²) in [5.41, 5.74) is 0. The minimum absolute atomic E-state index is 0.0485. The highest BCUT2D eigenvalue weighted by atomic mass is 16.3. The van der Waals surface area contributed by atoms with Crippen LogP contribution in [0.25, 0.3) is 0 Å². The third-order valence-electron chi connectivity index (χ3n) is 5.43. The second kappa shape index (κ2) is 20.2. The van der Waals surface area contributed by atoms with Gasteiger partial charge in [0.15, 0.2) is 0 Å². The molecule has 27 heavy (non-hydrogen) atoms. The lowest BCUT2D eigenvalue weighted by molar-refractivity contribution is -0.122. The van der Waals surface area contributed by atoms with E-state index in [-0.39, 0.29) is 18.6 Å². The summed E-state index contributed by atoms with van der Waals surface area (Å²) in [6.07, 6.45) is 20.9. The molecule has 2 N–H and O–H groups in total. The van der Waals surface area contributed by atoms with Crippen molar-refractivity contribution in [1.82, 2.24) is 5.32 Å². The highest BCUT2D eigenvalue weighted by molar-refractivity contribution is 5.76. The molecule has 1 unspecified atom stereocenters. The Labute approximate surface area is 170 Å². The fourth-order valence-electron chi connectivity index (χ4n) is 3.57. The van der Waals surface area contributed by atoms with E-state index in [0.29, 0.717) is 6.42 Å². The number of carbonyl (C=O) groups excluding carboxylic acids is 1. The van der Waals surface area contributed by atoms with Gasteiger partial charge in [-0.15, -0.1) is 0 Å². The summed E-state index contributed by atoms with van der Waals surface area (Å²) in [4.78, 5) is 11.9. The van der Waals surface area contributed by atoms with Gasteiger partial charge < -0.3 is 10.4 Å². The number of unbranched alkanes of at least 4 members (excludes halogenated alkanes) is 12. The molecule has 0 aromatic carbocycles. The number of amides is 1. The minimum atomic E-state index is -0.0485. The second-order valence-corrected chi connectivity index (χ2v) is 8.76. The molecule has 1 amide bonds. The van der Waals surface area contributed by atoms with Crippen LogP contribution in [-0.2, 0) is 4.79 Å². The van der Waals surface area contributed by atoms with Gasteiger partial charge in [-0.2, -0.15) is 0 Å². The SMILES string of the molecule is CCCCC(CO)NC(=O)CCCCCCCCCCCCCCC(C)C. The van der Waals surface area contributed by atoms with E-state index in [9.17, 15) is 9.90 Å². The summed E-state index contributed by atoms with van der Waals surface area (Å²) >= 11 is 0. The van der Waals surface area contributed by atoms with Gasteiger partial charge in [-0.25, -0.2) is 0 Å². The van der Waals surface area contributed by atoms with E-state index < -0.39 is 0 Å². The highest BCUT2D eigenvalue weighted by Crippen LogP contribution is 2.14. The van der Waals surface area contributed by atoms with Crippen molar-refractivity contribution in [3.05, 3.63) is 0 Å². The number of nitrogens with one attached hydrogen (secondary N) is 1. The molecule has 3 nitrogen and oxygen atoms in total. The number of hydrogen-bond donors (Lipinski definition) is 2. The van der Waals surface area contributed by atoms with Crippen LogP contribution in [0.15, 0.2) is 0 Å². The van der Waals surface area contributed by atoms with Crippen molar-refractivity contribution in [2.24, 2.45) is 5.92 Å². The molecule has 0 aromatic heterocycles. The van der Waals surface area contributed by atoms with Crippen LogP contribution in [-0.4, -0.2) is 23.7 Å². The van der Waals surface area contributed by atoms with Gasteiger partial charge in [-0.1, -0.05) is 111 Å². The summed E-state index contributed by atoms with van der Waals surface area (Å²) < 4.78 is 0. The smallest absolute Gasteiger partial charge is 0.220 e. The Hall–Kier alpha value is -0.570. The zero-order valence-corrected chi connectivity index (χ0v) is 18.7. The lowest BCUT2D eigenvalue weighted by atomic mass is 10.0. The van der Waals surface area contributed by atoms with E-state index in [1.165, 1.54) is 70.6 Å². The van der Waals surface area contributed by atoms with Crippen molar-refractivity contribution in [3.8, 4) is 0 Å². The summed E-state index contributed by atoms with van der Waals surface area (Å²) in [5.74, 6) is 0.973. The van der Waals surface area contributed by atoms with Gasteiger partial charge in [-0.05, 0) is 18.8 Å². The first-order valence-corrected chi connectivity index (χ1v) is 12.0. The molecule has 0 heterocycles. The maximum atomic E-state index is 11.9. The second-order valence-electron chi connectivity index (χ2n) is 8.76. The molecule has 0 aliphatic heterocycles. The van der Waals surface area contributed by atoms with Crippen LogP contribution >= 0.6 is 0 Å². The van der Waals surface area contributed by atoms with Crippen molar-refractivity contribution >= 4 is 5.91 Å². The molecule has 0 saturated heterocycles. The summed E-state index contributed by atoms with van der Waals surface area (Å²) in [5, 5.41) is 12.3. The van der Waals surface area contributed by atoms with Gasteiger partial charge in [0, 0.05) is 6.42 Å². The minimum Gasteiger partial charge on any atom is -0.394 e. The molecule has 0 aliphatic carbocycles. The Balaban J connectivity index is 3.29. The molecule has 0 spiro atoms. The topological polar surface area (TPSA) is 49.3 Å². The first kappa shape index (κ1) is 26.4. The Morgan fingerprint density at radius 1 is 0.741 bits per heavy atom. The molecule has 162 valence electrons. The largest absolute Gasteiger partial charge is 0.394 e. The van der Waals surface area contributed by atoms with Crippen LogP contribution in [0.1, 0.15) is 130 Å². The van der Waals surface area contributed by atoms with Crippen LogP contribution < -0.4 is 5.32 Å². The summed E-state index contributed by atoms with van der Waals surface area (Å²) in [7, 11) is 0. The molecular formula is C24H49NO2. The third-order valence-corrected chi connectivity index (χ3v) is 5.43. The Kier molecular flexibility index (Phi) is 19.7. The number of rotatable bonds is 20. The van der Waals surface area contributed by atoms with Crippen LogP contribution in [0, 0.1) is 5.92 Å². The van der Waals surface area contributed by atoms with Crippen molar-refractivity contribution in [1.29, 1.82) is 0 Å². The van der Waals surface area contributed by atoms with Crippen molar-refractivity contribution < 1.29 is 9.90 Å². The average molecular weight is 384 g/mol. The van der Waals surface area contributed by atoms with E-state index >= 15 is 0 Å². The summed E-state index contributed by atoms with van der Waals surface area (Å²) in [6.45, 7) is 6.82. The fraction of sp³-hybridized carbons (Fsp3) is 0.958. The van der Waals surface area contributed by atoms with Gasteiger partial charge in [0.2, 0.25) is 5.91 Å². The first-order chi connectivity index (χ1) is 13.1. The number of aliphatic hydroxyl groups is 1. The lowest BCUT2D eigenvalue weighted by Gasteiger charge is -2.15. The molecule has 0 fully saturated rings. The van der Waals surface area contributed by atoms with Gasteiger partial charge in [-0.3, -0.25) is 4.79 Å². The molecule has 0 radical (unpaired) electrons. The maximum absolute atomic E-state index is 11.9. The molecule has 0 saturated carbocycles. The monoisotopic (exact) mass is 383 g/mol. The quantitative estimate of drug-likeness (QED) is 0.228. The zero-order chi connectivity index (χ0) is 20.2. The Morgan fingerprint density at radius 3 is 1.67 bits per heavy atom. The normalized spacial score (nSPS) is 12.5. The molecule has 0 aliphatic rings. The maximum Gasteiger partial charge on any atom is 0.220 e. The Morgan fingerprint density at radius 2 is 1.22 bits per heavy atom. The Bertz CT molecular complexity index is 318. The van der Waals surface area contributed by atoms with E-state index in [1.54, 1.807) is 0 Å². The van der Waals surface area contributed by atoms with E-state index in [4.69, 9.17) is 0 Å². The van der Waals surface area contributed by atoms with Crippen LogP contribution in [0.2, 0.25) is 0 Å². The van der Waals surface area contributed by atoms with Crippen molar-refractivity contribution in [2.75, 3.05) is 6.61 Å². The molecule has 3 heteroatoms. The fourth-order valence-corrected chi connectivity index (χ4v) is 3.57. The summed E-state index contributed by atoms with van der Waals surface area (Å²) in [6, 6.07) is -0.0485. The highest BCUT2D eigenvalue weighted by Gasteiger charge is 2.10. The number of aliphatic hydroxyl groups excluding tert-OH is 1. The van der Waals surface area contributed by atoms with E-state index in [1.807, 2.05) is 0 Å². The van der Waals surface area contributed by atoms with Gasteiger partial charge in [0.05, 0.1) is 12.6 Å². The predicted molar refractivity (Wildman–Crippen MR) is 118 cm³/mol. The van der Waals surface area contributed by atoms with E-state index in [2.05, 4.69) is 26.1 Å². The molecular weight excluding hydrogens is 334 g/mol. The van der Waals surface area contributed by atoms with Crippen LogP contribution in [0.3, 0.4) is 0 Å². The molecule has 0 rings (SSSR count). The van der Waals surface area contributed by atoms with Gasteiger partial charge >= 0.3 is 0 Å². The number of hydrogen-bond acceptors (Lipinski definition) is 2. The first-order valence-electron chi connectivity index (χ1n) is 12.0. The van der Waals surface area contributed by atoms with Gasteiger partial charge in [0.1, 0.15) is 0 Å². The van der Waals surface area contributed by atoms with Gasteiger partial charge in [0.25, 0.3) is 0 Å². The average Bonchev–Trinajstić information content (AvgIpc) is 2.65. The van der Waals surface area contributed by atoms with Crippen LogP contribution in [0.5, 0.6) is 0 Å². The predicted octanol–water partition coefficient (Wildman–Crippen LogP) is 6.77. The van der Waals surface area contributed by atoms with Crippen molar-refractivity contribution in [3.63, 3.8) is 0 Å². The lowest BCUT2D eigenvalue weighted by Crippen LogP contribution is -2.37. The molecule has 0 bridgehead atoms.